The number of aliphatic carboxylic acids is 1. The van der Waals surface area contributed by atoms with Crippen molar-refractivity contribution < 1.29 is 14.7 Å². The summed E-state index contributed by atoms with van der Waals surface area (Å²) in [5.74, 6) is 4.45. The highest BCUT2D eigenvalue weighted by molar-refractivity contribution is 5.80. The summed E-state index contributed by atoms with van der Waals surface area (Å²) in [4.78, 5) is 23.8. The number of carboxylic acids is 1. The van der Waals surface area contributed by atoms with Crippen LogP contribution in [0.5, 0.6) is 0 Å². The van der Waals surface area contributed by atoms with Crippen LogP contribution in [-0.4, -0.2) is 35.0 Å². The van der Waals surface area contributed by atoms with Crippen molar-refractivity contribution in [2.75, 3.05) is 13.1 Å². The van der Waals surface area contributed by atoms with E-state index in [4.69, 9.17) is 5.11 Å². The molecule has 1 unspecified atom stereocenters. The van der Waals surface area contributed by atoms with Gasteiger partial charge in [0.1, 0.15) is 0 Å². The highest BCUT2D eigenvalue weighted by Gasteiger charge is 2.29. The molecule has 0 aromatic carbocycles. The first-order valence-corrected chi connectivity index (χ1v) is 5.05. The van der Waals surface area contributed by atoms with Crippen LogP contribution in [0.25, 0.3) is 0 Å². The van der Waals surface area contributed by atoms with E-state index in [-0.39, 0.29) is 5.91 Å². The SMILES string of the molecule is CC#CCCN1CC(C(=O)O)CCC1=O. The van der Waals surface area contributed by atoms with Gasteiger partial charge in [-0.25, -0.2) is 0 Å². The van der Waals surface area contributed by atoms with Gasteiger partial charge >= 0.3 is 5.97 Å². The maximum Gasteiger partial charge on any atom is 0.308 e. The van der Waals surface area contributed by atoms with Crippen LogP contribution in [0.3, 0.4) is 0 Å². The Labute approximate surface area is 89.3 Å². The number of carbonyl (C=O) groups is 2. The lowest BCUT2D eigenvalue weighted by molar-refractivity contribution is -0.147. The number of hydrogen-bond acceptors (Lipinski definition) is 2. The summed E-state index contributed by atoms with van der Waals surface area (Å²) >= 11 is 0. The lowest BCUT2D eigenvalue weighted by Gasteiger charge is -2.30. The van der Waals surface area contributed by atoms with Gasteiger partial charge in [0, 0.05) is 25.9 Å². The average Bonchev–Trinajstić information content (AvgIpc) is 2.20. The van der Waals surface area contributed by atoms with Crippen LogP contribution in [0.2, 0.25) is 0 Å². The monoisotopic (exact) mass is 209 g/mol. The van der Waals surface area contributed by atoms with E-state index in [0.29, 0.717) is 32.4 Å². The minimum Gasteiger partial charge on any atom is -0.481 e. The number of amides is 1. The topological polar surface area (TPSA) is 57.6 Å². The fraction of sp³-hybridized carbons (Fsp3) is 0.636. The Morgan fingerprint density at radius 1 is 1.67 bits per heavy atom. The Bertz CT molecular complexity index is 314. The average molecular weight is 209 g/mol. The molecule has 1 saturated heterocycles. The molecule has 1 N–H and O–H groups in total. The van der Waals surface area contributed by atoms with E-state index in [1.54, 1.807) is 11.8 Å². The molecule has 0 spiro atoms. The number of nitrogens with zero attached hydrogens (tertiary/aromatic N) is 1. The molecule has 0 bridgehead atoms. The molecule has 0 saturated carbocycles. The fourth-order valence-electron chi connectivity index (χ4n) is 1.65. The van der Waals surface area contributed by atoms with Gasteiger partial charge in [0.15, 0.2) is 0 Å². The van der Waals surface area contributed by atoms with Crippen LogP contribution < -0.4 is 0 Å². The summed E-state index contributed by atoms with van der Waals surface area (Å²) in [5.41, 5.74) is 0. The number of likely N-dealkylation sites (tertiary alicyclic amines) is 1. The van der Waals surface area contributed by atoms with Crippen molar-refractivity contribution in [1.29, 1.82) is 0 Å². The summed E-state index contributed by atoms with van der Waals surface area (Å²) in [6.45, 7) is 2.63. The maximum atomic E-state index is 11.4. The molecule has 15 heavy (non-hydrogen) atoms. The molecule has 1 atom stereocenters. The van der Waals surface area contributed by atoms with Crippen LogP contribution >= 0.6 is 0 Å². The van der Waals surface area contributed by atoms with Gasteiger partial charge in [0.05, 0.1) is 5.92 Å². The molecular weight excluding hydrogens is 194 g/mol. The second-order valence-electron chi connectivity index (χ2n) is 3.59. The Morgan fingerprint density at radius 3 is 3.00 bits per heavy atom. The third kappa shape index (κ3) is 3.28. The number of hydrogen-bond donors (Lipinski definition) is 1. The molecule has 0 radical (unpaired) electrons. The highest BCUT2D eigenvalue weighted by Crippen LogP contribution is 2.17. The second kappa shape index (κ2) is 5.40. The molecule has 82 valence electrons. The van der Waals surface area contributed by atoms with Crippen LogP contribution in [0, 0.1) is 17.8 Å². The molecule has 4 heteroatoms. The lowest BCUT2D eigenvalue weighted by Crippen LogP contribution is -2.42. The van der Waals surface area contributed by atoms with Gasteiger partial charge in [0.2, 0.25) is 5.91 Å². The Hall–Kier alpha value is -1.50. The summed E-state index contributed by atoms with van der Waals surface area (Å²) in [7, 11) is 0. The fourth-order valence-corrected chi connectivity index (χ4v) is 1.65. The number of rotatable bonds is 3. The van der Waals surface area contributed by atoms with E-state index in [9.17, 15) is 9.59 Å². The summed E-state index contributed by atoms with van der Waals surface area (Å²) in [5, 5.41) is 8.85. The van der Waals surface area contributed by atoms with Crippen molar-refractivity contribution in [3.05, 3.63) is 0 Å². The van der Waals surface area contributed by atoms with E-state index in [1.807, 2.05) is 0 Å². The summed E-state index contributed by atoms with van der Waals surface area (Å²) in [6.07, 6.45) is 1.43. The number of carbonyl (C=O) groups excluding carboxylic acids is 1. The van der Waals surface area contributed by atoms with Gasteiger partial charge in [-0.05, 0) is 13.3 Å². The van der Waals surface area contributed by atoms with Crippen molar-refractivity contribution in [3.8, 4) is 11.8 Å². The Kier molecular flexibility index (Phi) is 4.17. The summed E-state index contributed by atoms with van der Waals surface area (Å²) < 4.78 is 0. The second-order valence-corrected chi connectivity index (χ2v) is 3.59. The highest BCUT2D eigenvalue weighted by atomic mass is 16.4. The van der Waals surface area contributed by atoms with Gasteiger partial charge < -0.3 is 10.0 Å². The van der Waals surface area contributed by atoms with Gasteiger partial charge in [0.25, 0.3) is 0 Å². The number of carboxylic acid groups (broad SMARTS) is 1. The quantitative estimate of drug-likeness (QED) is 0.697. The van der Waals surface area contributed by atoms with E-state index in [0.717, 1.165) is 0 Å². The predicted molar refractivity (Wildman–Crippen MR) is 55.0 cm³/mol. The first-order chi connectivity index (χ1) is 7.15. The largest absolute Gasteiger partial charge is 0.481 e. The Morgan fingerprint density at radius 2 is 2.40 bits per heavy atom. The minimum atomic E-state index is -0.811. The van der Waals surface area contributed by atoms with Crippen LogP contribution in [0.4, 0.5) is 0 Å². The van der Waals surface area contributed by atoms with Crippen molar-refractivity contribution in [2.24, 2.45) is 5.92 Å². The zero-order valence-corrected chi connectivity index (χ0v) is 8.82. The molecule has 1 rings (SSSR count). The smallest absolute Gasteiger partial charge is 0.308 e. The predicted octanol–water partition coefficient (Wildman–Crippen LogP) is 0.723. The maximum absolute atomic E-state index is 11.4. The molecule has 1 amide bonds. The molecule has 1 aliphatic heterocycles. The minimum absolute atomic E-state index is 0.0467. The Balaban J connectivity index is 2.48. The molecular formula is C11H15NO3. The molecule has 1 aliphatic rings. The first-order valence-electron chi connectivity index (χ1n) is 5.05. The summed E-state index contributed by atoms with van der Waals surface area (Å²) in [6, 6.07) is 0. The van der Waals surface area contributed by atoms with Crippen LogP contribution in [-0.2, 0) is 9.59 Å². The molecule has 1 fully saturated rings. The van der Waals surface area contributed by atoms with Gasteiger partial charge in [-0.3, -0.25) is 9.59 Å². The van der Waals surface area contributed by atoms with Crippen molar-refractivity contribution in [1.82, 2.24) is 4.90 Å². The van der Waals surface area contributed by atoms with Crippen molar-refractivity contribution in [3.63, 3.8) is 0 Å². The van der Waals surface area contributed by atoms with E-state index in [1.165, 1.54) is 0 Å². The van der Waals surface area contributed by atoms with Gasteiger partial charge in [-0.1, -0.05) is 0 Å². The van der Waals surface area contributed by atoms with Gasteiger partial charge in [-0.15, -0.1) is 11.8 Å². The third-order valence-electron chi connectivity index (χ3n) is 2.53. The molecule has 0 aromatic rings. The molecule has 0 aromatic heterocycles. The molecule has 1 heterocycles. The van der Waals surface area contributed by atoms with Crippen LogP contribution in [0.15, 0.2) is 0 Å². The van der Waals surface area contributed by atoms with E-state index < -0.39 is 11.9 Å². The van der Waals surface area contributed by atoms with E-state index in [2.05, 4.69) is 11.8 Å². The van der Waals surface area contributed by atoms with Gasteiger partial charge in [-0.2, -0.15) is 0 Å². The zero-order chi connectivity index (χ0) is 11.3. The standard InChI is InChI=1S/C11H15NO3/c1-2-3-4-7-12-8-9(11(14)15)5-6-10(12)13/h9H,4-8H2,1H3,(H,14,15). The zero-order valence-electron chi connectivity index (χ0n) is 8.82. The first kappa shape index (κ1) is 11.6. The van der Waals surface area contributed by atoms with Crippen molar-refractivity contribution >= 4 is 11.9 Å². The van der Waals surface area contributed by atoms with Crippen molar-refractivity contribution in [2.45, 2.75) is 26.2 Å². The lowest BCUT2D eigenvalue weighted by atomic mass is 9.98. The van der Waals surface area contributed by atoms with E-state index >= 15 is 0 Å². The normalized spacial score (nSPS) is 20.7. The van der Waals surface area contributed by atoms with Crippen LogP contribution in [0.1, 0.15) is 26.2 Å². The molecule has 4 nitrogen and oxygen atoms in total. The third-order valence-corrected chi connectivity index (χ3v) is 2.53. The number of piperidine rings is 1. The molecule has 0 aliphatic carbocycles.